The Kier molecular flexibility index (Phi) is 7.13. The lowest BCUT2D eigenvalue weighted by molar-refractivity contribution is 0.293. The molecule has 0 aliphatic rings. The molecule has 0 aliphatic carbocycles. The van der Waals surface area contributed by atoms with Crippen LogP contribution in [0.3, 0.4) is 0 Å². The zero-order valence-electron chi connectivity index (χ0n) is 17.1. The summed E-state index contributed by atoms with van der Waals surface area (Å²) in [6.45, 7) is 8.33. The molecule has 3 rings (SSSR count). The minimum Gasteiger partial charge on any atom is -0.501 e. The number of nitrogens with one attached hydrogen (secondary N) is 1. The van der Waals surface area contributed by atoms with E-state index in [9.17, 15) is 0 Å². The molecule has 0 radical (unpaired) electrons. The van der Waals surface area contributed by atoms with Crippen LogP contribution in [-0.2, 0) is 11.3 Å². The van der Waals surface area contributed by atoms with Crippen LogP contribution in [0.1, 0.15) is 12.5 Å². The summed E-state index contributed by atoms with van der Waals surface area (Å²) in [7, 11) is 1.64. The second-order valence-electron chi connectivity index (χ2n) is 6.64. The Morgan fingerprint density at radius 1 is 1.27 bits per heavy atom. The van der Waals surface area contributed by atoms with Gasteiger partial charge in [-0.3, -0.25) is 0 Å². The van der Waals surface area contributed by atoms with Crippen molar-refractivity contribution in [2.24, 2.45) is 0 Å². The molecule has 0 atom stereocenters. The molecule has 0 bridgehead atoms. The fourth-order valence-electron chi connectivity index (χ4n) is 2.65. The Hall–Kier alpha value is -3.26. The van der Waals surface area contributed by atoms with Gasteiger partial charge < -0.3 is 10.1 Å². The Balaban J connectivity index is 1.77. The van der Waals surface area contributed by atoms with Gasteiger partial charge in [-0.25, -0.2) is 14.6 Å². The van der Waals surface area contributed by atoms with Crippen molar-refractivity contribution in [1.29, 1.82) is 0 Å². The molecule has 3 heterocycles. The van der Waals surface area contributed by atoms with E-state index in [-0.39, 0.29) is 0 Å². The third-order valence-corrected chi connectivity index (χ3v) is 4.66. The number of methoxy groups -OCH3 is 1. The zero-order valence-corrected chi connectivity index (χ0v) is 18.7. The lowest BCUT2D eigenvalue weighted by Crippen LogP contribution is -2.00. The Labute approximate surface area is 184 Å². The van der Waals surface area contributed by atoms with Crippen LogP contribution in [-0.4, -0.2) is 32.1 Å². The highest BCUT2D eigenvalue weighted by molar-refractivity contribution is 9.10. The molecule has 3 aromatic heterocycles. The lowest BCUT2D eigenvalue weighted by Gasteiger charge is -2.07. The summed E-state index contributed by atoms with van der Waals surface area (Å²) in [5.41, 5.74) is 3.76. The molecule has 154 valence electrons. The van der Waals surface area contributed by atoms with Crippen LogP contribution < -0.4 is 5.32 Å². The fourth-order valence-corrected chi connectivity index (χ4v) is 3.20. The van der Waals surface area contributed by atoms with E-state index < -0.39 is 0 Å². The first kappa shape index (κ1) is 21.4. The summed E-state index contributed by atoms with van der Waals surface area (Å²) in [5.74, 6) is 2.22. The van der Waals surface area contributed by atoms with Crippen LogP contribution in [0.15, 0.2) is 77.4 Å². The summed E-state index contributed by atoms with van der Waals surface area (Å²) in [6.07, 6.45) is 9.27. The van der Waals surface area contributed by atoms with Gasteiger partial charge in [-0.1, -0.05) is 23.9 Å². The summed E-state index contributed by atoms with van der Waals surface area (Å²) < 4.78 is 7.69. The van der Waals surface area contributed by atoms with Crippen molar-refractivity contribution in [3.63, 3.8) is 0 Å². The van der Waals surface area contributed by atoms with Crippen molar-refractivity contribution in [1.82, 2.24) is 25.0 Å². The van der Waals surface area contributed by atoms with Crippen molar-refractivity contribution in [3.8, 4) is 11.3 Å². The second-order valence-corrected chi connectivity index (χ2v) is 7.45. The standard InChI is InChI=1S/C22H23BrN6O/c1-5-17(7-6-16(3)30-4)13-29-14-19(27-28-29)18-8-9-24-21(12-18)26-22-11-15(2)10-20(23)25-22/h5-12,14H,1,13H2,2-4H3,(H,24,25,26). The quantitative estimate of drug-likeness (QED) is 0.278. The van der Waals surface area contributed by atoms with Crippen LogP contribution >= 0.6 is 15.9 Å². The van der Waals surface area contributed by atoms with Crippen LogP contribution in [0, 0.1) is 6.92 Å². The highest BCUT2D eigenvalue weighted by Crippen LogP contribution is 2.22. The van der Waals surface area contributed by atoms with Gasteiger partial charge in [0.2, 0.25) is 0 Å². The summed E-state index contributed by atoms with van der Waals surface area (Å²) >= 11 is 3.41. The molecular formula is C22H23BrN6O. The minimum absolute atomic E-state index is 0.557. The Morgan fingerprint density at radius 2 is 2.10 bits per heavy atom. The molecule has 0 unspecified atom stereocenters. The molecule has 7 nitrogen and oxygen atoms in total. The number of allylic oxidation sites excluding steroid dienone is 5. The van der Waals surface area contributed by atoms with Crippen molar-refractivity contribution >= 4 is 27.6 Å². The van der Waals surface area contributed by atoms with E-state index in [1.54, 1.807) is 24.1 Å². The maximum absolute atomic E-state index is 5.15. The van der Waals surface area contributed by atoms with E-state index in [1.165, 1.54) is 0 Å². The van der Waals surface area contributed by atoms with Gasteiger partial charge in [-0.05, 0) is 71.3 Å². The molecule has 0 aliphatic heterocycles. The monoisotopic (exact) mass is 466 g/mol. The number of anilines is 2. The number of rotatable bonds is 8. The number of aryl methyl sites for hydroxylation is 1. The van der Waals surface area contributed by atoms with Gasteiger partial charge in [0.05, 0.1) is 25.6 Å². The van der Waals surface area contributed by atoms with Crippen molar-refractivity contribution in [3.05, 3.63) is 83.0 Å². The maximum Gasteiger partial charge on any atom is 0.133 e. The topological polar surface area (TPSA) is 77.8 Å². The number of pyridine rings is 2. The molecule has 0 aromatic carbocycles. The van der Waals surface area contributed by atoms with E-state index in [2.05, 4.69) is 48.1 Å². The average molecular weight is 467 g/mol. The molecule has 0 saturated carbocycles. The van der Waals surface area contributed by atoms with Gasteiger partial charge in [0, 0.05) is 11.8 Å². The van der Waals surface area contributed by atoms with Crippen LogP contribution in [0.25, 0.3) is 11.3 Å². The van der Waals surface area contributed by atoms with Gasteiger partial charge in [-0.2, -0.15) is 0 Å². The van der Waals surface area contributed by atoms with Gasteiger partial charge in [0.15, 0.2) is 0 Å². The highest BCUT2D eigenvalue weighted by atomic mass is 79.9. The smallest absolute Gasteiger partial charge is 0.133 e. The third kappa shape index (κ3) is 5.87. The SMILES string of the molecule is C=CC(=CC=C(C)OC)Cn1cc(-c2ccnc(Nc3cc(C)cc(Br)n3)c2)nn1. The van der Waals surface area contributed by atoms with E-state index >= 15 is 0 Å². The lowest BCUT2D eigenvalue weighted by atomic mass is 10.2. The zero-order chi connectivity index (χ0) is 21.5. The molecule has 1 N–H and O–H groups in total. The largest absolute Gasteiger partial charge is 0.501 e. The first-order valence-corrected chi connectivity index (χ1v) is 10.1. The van der Waals surface area contributed by atoms with Gasteiger partial charge >= 0.3 is 0 Å². The Morgan fingerprint density at radius 3 is 2.83 bits per heavy atom. The van der Waals surface area contributed by atoms with Crippen molar-refractivity contribution in [2.75, 3.05) is 12.4 Å². The van der Waals surface area contributed by atoms with Crippen molar-refractivity contribution in [2.45, 2.75) is 20.4 Å². The fraction of sp³-hybridized carbons (Fsp3) is 0.182. The summed E-state index contributed by atoms with van der Waals surface area (Å²) in [4.78, 5) is 8.79. The second kappa shape index (κ2) is 9.98. The third-order valence-electron chi connectivity index (χ3n) is 4.25. The number of ether oxygens (including phenoxy) is 1. The molecular weight excluding hydrogens is 444 g/mol. The number of nitrogens with zero attached hydrogens (tertiary/aromatic N) is 5. The van der Waals surface area contributed by atoms with E-state index in [0.717, 1.165) is 38.6 Å². The van der Waals surface area contributed by atoms with E-state index in [1.807, 2.05) is 56.5 Å². The first-order chi connectivity index (χ1) is 14.5. The summed E-state index contributed by atoms with van der Waals surface area (Å²) in [6, 6.07) is 7.72. The number of aromatic nitrogens is 5. The minimum atomic E-state index is 0.557. The van der Waals surface area contributed by atoms with E-state index in [4.69, 9.17) is 4.74 Å². The Bertz CT molecular complexity index is 1080. The summed E-state index contributed by atoms with van der Waals surface area (Å²) in [5, 5.41) is 11.8. The molecule has 3 aromatic rings. The van der Waals surface area contributed by atoms with Gasteiger partial charge in [0.1, 0.15) is 21.9 Å². The van der Waals surface area contributed by atoms with Crippen LogP contribution in [0.5, 0.6) is 0 Å². The van der Waals surface area contributed by atoms with Gasteiger partial charge in [-0.15, -0.1) is 5.10 Å². The van der Waals surface area contributed by atoms with Crippen molar-refractivity contribution < 1.29 is 4.74 Å². The normalized spacial score (nSPS) is 12.0. The first-order valence-electron chi connectivity index (χ1n) is 9.28. The maximum atomic E-state index is 5.15. The molecule has 0 spiro atoms. The molecule has 30 heavy (non-hydrogen) atoms. The van der Waals surface area contributed by atoms with Gasteiger partial charge in [0.25, 0.3) is 0 Å². The van der Waals surface area contributed by atoms with Crippen LogP contribution in [0.2, 0.25) is 0 Å². The molecule has 0 amide bonds. The highest BCUT2D eigenvalue weighted by Gasteiger charge is 2.07. The predicted molar refractivity (Wildman–Crippen MR) is 122 cm³/mol. The average Bonchev–Trinajstić information content (AvgIpc) is 3.19. The number of hydrogen-bond acceptors (Lipinski definition) is 6. The number of hydrogen-bond donors (Lipinski definition) is 1. The predicted octanol–water partition coefficient (Wildman–Crippen LogP) is 5.21. The molecule has 0 saturated heterocycles. The van der Waals surface area contributed by atoms with Crippen LogP contribution in [0.4, 0.5) is 11.6 Å². The number of halogens is 1. The molecule has 8 heteroatoms. The molecule has 0 fully saturated rings. The van der Waals surface area contributed by atoms with E-state index in [0.29, 0.717) is 12.4 Å².